The number of rotatable bonds is 0. The van der Waals surface area contributed by atoms with Crippen LogP contribution in [-0.2, 0) is 60.3 Å². The second-order valence-corrected chi connectivity index (χ2v) is 2.21. The number of hydrogen-bond acceptors (Lipinski definition) is 9. The Bertz CT molecular complexity index is 361. The topological polar surface area (TPSA) is 274 Å². The SMILES string of the molecule is [Fe].[NH3+]OC(=O)C(=O)O.[NH3+]OC(=O)C(=O)O.[NH3+]OC(=O)C(=O)O. The normalized spacial score (nSPS) is 7.23. The summed E-state index contributed by atoms with van der Waals surface area (Å²) in [4.78, 5) is 67.7. The maximum atomic E-state index is 9.63. The summed E-state index contributed by atoms with van der Waals surface area (Å²) in [6, 6.07) is 0. The van der Waals surface area contributed by atoms with Crippen molar-refractivity contribution in [2.45, 2.75) is 0 Å². The molecule has 0 spiro atoms. The molecule has 0 aromatic heterocycles. The number of hydrogen-bond donors (Lipinski definition) is 6. The Morgan fingerprint density at radius 2 is 0.682 bits per heavy atom. The quantitative estimate of drug-likeness (QED) is 0.131. The summed E-state index contributed by atoms with van der Waals surface area (Å²) < 4.78 is 0. The number of quaternary nitrogens is 3. The summed E-state index contributed by atoms with van der Waals surface area (Å²) >= 11 is 0. The van der Waals surface area contributed by atoms with Crippen LogP contribution in [0.4, 0.5) is 0 Å². The van der Waals surface area contributed by atoms with E-state index in [1.807, 2.05) is 0 Å². The minimum Gasteiger partial charge on any atom is -0.473 e. The Morgan fingerprint density at radius 3 is 0.682 bits per heavy atom. The van der Waals surface area contributed by atoms with Gasteiger partial charge in [-0.15, -0.1) is 0 Å². The van der Waals surface area contributed by atoms with Gasteiger partial charge in [0.05, 0.1) is 0 Å². The van der Waals surface area contributed by atoms with Crippen molar-refractivity contribution in [2.75, 3.05) is 0 Å². The van der Waals surface area contributed by atoms with Crippen LogP contribution < -0.4 is 17.7 Å². The van der Waals surface area contributed by atoms with Crippen LogP contribution in [0.5, 0.6) is 0 Å². The van der Waals surface area contributed by atoms with E-state index in [2.05, 4.69) is 32.2 Å². The Hall–Kier alpha value is -2.78. The van der Waals surface area contributed by atoms with Crippen molar-refractivity contribution in [3.05, 3.63) is 0 Å². The van der Waals surface area contributed by atoms with Crippen LogP contribution in [-0.4, -0.2) is 51.1 Å². The third-order valence-electron chi connectivity index (χ3n) is 0.917. The van der Waals surface area contributed by atoms with Gasteiger partial charge in [-0.2, -0.15) is 17.7 Å². The number of carboxylic acids is 3. The molecule has 0 saturated carbocycles. The first-order valence-corrected chi connectivity index (χ1v) is 4.12. The van der Waals surface area contributed by atoms with E-state index in [4.69, 9.17) is 15.3 Å². The molecule has 0 aliphatic heterocycles. The maximum absolute atomic E-state index is 9.63. The van der Waals surface area contributed by atoms with Crippen molar-refractivity contribution in [1.82, 2.24) is 0 Å². The molecule has 0 radical (unpaired) electrons. The van der Waals surface area contributed by atoms with Crippen LogP contribution >= 0.6 is 0 Å². The van der Waals surface area contributed by atoms with Gasteiger partial charge in [0.1, 0.15) is 0 Å². The average molecular weight is 374 g/mol. The molecule has 0 bridgehead atoms. The molecule has 15 nitrogen and oxygen atoms in total. The smallest absolute Gasteiger partial charge is 0.473 e. The van der Waals surface area contributed by atoms with Gasteiger partial charge in [0, 0.05) is 17.1 Å². The number of carboxylic acid groups (broad SMARTS) is 3. The number of carbonyl (C=O) groups is 6. The first-order valence-electron chi connectivity index (χ1n) is 4.12. The predicted octanol–water partition coefficient (Wildman–Crippen LogP) is -6.69. The summed E-state index contributed by atoms with van der Waals surface area (Å²) in [6.07, 6.45) is 0. The van der Waals surface area contributed by atoms with Crippen molar-refractivity contribution >= 4 is 35.8 Å². The molecule has 0 aliphatic rings. The molecule has 0 fully saturated rings. The zero-order chi connectivity index (χ0) is 17.6. The van der Waals surface area contributed by atoms with E-state index in [1.165, 1.54) is 0 Å². The van der Waals surface area contributed by atoms with E-state index >= 15 is 0 Å². The van der Waals surface area contributed by atoms with Crippen LogP contribution in [0.2, 0.25) is 0 Å². The van der Waals surface area contributed by atoms with E-state index in [-0.39, 0.29) is 17.1 Å². The molecule has 16 heteroatoms. The van der Waals surface area contributed by atoms with Gasteiger partial charge in [-0.05, 0) is 0 Å². The molecule has 128 valence electrons. The Kier molecular flexibility index (Phi) is 20.4. The molecule has 0 aromatic carbocycles. The maximum Gasteiger partial charge on any atom is 0.473 e. The van der Waals surface area contributed by atoms with E-state index < -0.39 is 35.8 Å². The predicted molar refractivity (Wildman–Crippen MR) is 49.8 cm³/mol. The van der Waals surface area contributed by atoms with Crippen molar-refractivity contribution in [3.63, 3.8) is 0 Å². The molecule has 0 heterocycles. The summed E-state index contributed by atoms with van der Waals surface area (Å²) in [5.74, 6) is -1.20. The van der Waals surface area contributed by atoms with E-state index in [1.54, 1.807) is 0 Å². The fourth-order valence-electron chi connectivity index (χ4n) is 0.185. The Morgan fingerprint density at radius 1 is 0.545 bits per heavy atom. The monoisotopic (exact) mass is 374 g/mol. The van der Waals surface area contributed by atoms with Crippen LogP contribution in [0.15, 0.2) is 0 Å². The zero-order valence-electron chi connectivity index (χ0n) is 10.5. The van der Waals surface area contributed by atoms with Gasteiger partial charge in [0.25, 0.3) is 0 Å². The molecule has 0 aromatic rings. The van der Waals surface area contributed by atoms with Gasteiger partial charge < -0.3 is 15.3 Å². The first kappa shape index (κ1) is 27.5. The molecular formula is C6H12FeN3O12+3. The van der Waals surface area contributed by atoms with Crippen LogP contribution in [0.3, 0.4) is 0 Å². The number of carbonyl (C=O) groups excluding carboxylic acids is 3. The van der Waals surface area contributed by atoms with Gasteiger partial charge in [-0.25, -0.2) is 28.8 Å². The van der Waals surface area contributed by atoms with E-state index in [0.29, 0.717) is 0 Å². The minimum atomic E-state index is -1.63. The van der Waals surface area contributed by atoms with Gasteiger partial charge in [-0.1, -0.05) is 0 Å². The number of aliphatic carboxylic acids is 3. The molecule has 12 N–H and O–H groups in total. The third kappa shape index (κ3) is 19.6. The minimum absolute atomic E-state index is 0. The average Bonchev–Trinajstić information content (AvgIpc) is 2.45. The van der Waals surface area contributed by atoms with Gasteiger partial charge in [0.2, 0.25) is 0 Å². The second-order valence-electron chi connectivity index (χ2n) is 2.21. The van der Waals surface area contributed by atoms with Crippen molar-refractivity contribution < 1.29 is 93.4 Å². The van der Waals surface area contributed by atoms with Gasteiger partial charge >= 0.3 is 35.8 Å². The molecular weight excluding hydrogens is 362 g/mol. The van der Waals surface area contributed by atoms with Crippen molar-refractivity contribution in [2.24, 2.45) is 0 Å². The molecule has 0 saturated heterocycles. The molecule has 0 rings (SSSR count). The Labute approximate surface area is 130 Å². The zero-order valence-corrected chi connectivity index (χ0v) is 11.6. The van der Waals surface area contributed by atoms with E-state index in [9.17, 15) is 28.8 Å². The summed E-state index contributed by atoms with van der Waals surface area (Å²) in [7, 11) is 0. The largest absolute Gasteiger partial charge is 0.473 e. The first-order chi connectivity index (χ1) is 9.54. The third-order valence-corrected chi connectivity index (χ3v) is 0.917. The molecule has 0 unspecified atom stereocenters. The summed E-state index contributed by atoms with van der Waals surface area (Å²) in [5, 5.41) is 23.0. The van der Waals surface area contributed by atoms with Crippen LogP contribution in [0.25, 0.3) is 0 Å². The van der Waals surface area contributed by atoms with Crippen molar-refractivity contribution in [1.29, 1.82) is 0 Å². The van der Waals surface area contributed by atoms with Crippen LogP contribution in [0.1, 0.15) is 0 Å². The molecule has 22 heavy (non-hydrogen) atoms. The van der Waals surface area contributed by atoms with Gasteiger partial charge in [0.15, 0.2) is 0 Å². The molecule has 0 aliphatic carbocycles. The summed E-state index contributed by atoms with van der Waals surface area (Å²) in [5.41, 5.74) is 0. The fraction of sp³-hybridized carbons (Fsp3) is 0. The van der Waals surface area contributed by atoms with E-state index in [0.717, 1.165) is 0 Å². The fourth-order valence-corrected chi connectivity index (χ4v) is 0.185. The molecule has 0 amide bonds. The summed E-state index contributed by atoms with van der Waals surface area (Å²) in [6.45, 7) is 0. The standard InChI is InChI=1S/3C2H3NO4.Fe/c3*3-7-2(6)1(4)5;/h3*3H3;/p+3. The Balaban J connectivity index is -0.000000108. The van der Waals surface area contributed by atoms with Gasteiger partial charge in [-0.3, -0.25) is 14.5 Å². The van der Waals surface area contributed by atoms with Crippen LogP contribution in [0, 0.1) is 0 Å². The van der Waals surface area contributed by atoms with Crippen molar-refractivity contribution in [3.8, 4) is 0 Å². The molecule has 0 atom stereocenters. The second kappa shape index (κ2) is 16.3.